The number of aryl methyl sites for hydroxylation is 2. The number of benzene rings is 2. The maximum absolute atomic E-state index is 12.3. The monoisotopic (exact) mass is 368 g/mol. The van der Waals surface area contributed by atoms with E-state index >= 15 is 0 Å². The van der Waals surface area contributed by atoms with Crippen LogP contribution in [0.2, 0.25) is 0 Å². The second kappa shape index (κ2) is 8.05. The standard InChI is InChI=1S/C19H20N4O2S/c1-13-8-10-15(11-9-13)23-14(2)21-22-19(23)26-12-18(24)20-16-6-4-5-7-17(16)25-3/h4-11H,12H2,1-3H3,(H,20,24). The van der Waals surface area contributed by atoms with E-state index in [1.54, 1.807) is 19.2 Å². The van der Waals surface area contributed by atoms with E-state index in [1.165, 1.54) is 17.3 Å². The molecule has 0 aliphatic carbocycles. The Bertz CT molecular complexity index is 906. The number of amides is 1. The summed E-state index contributed by atoms with van der Waals surface area (Å²) in [5.74, 6) is 1.50. The SMILES string of the molecule is COc1ccccc1NC(=O)CSc1nnc(C)n1-c1ccc(C)cc1. The number of carbonyl (C=O) groups is 1. The highest BCUT2D eigenvalue weighted by Gasteiger charge is 2.14. The highest BCUT2D eigenvalue weighted by atomic mass is 32.2. The number of carbonyl (C=O) groups excluding carboxylic acids is 1. The van der Waals surface area contributed by atoms with Gasteiger partial charge in [0.25, 0.3) is 0 Å². The zero-order valence-electron chi connectivity index (χ0n) is 14.9. The molecule has 2 aromatic carbocycles. The maximum atomic E-state index is 12.3. The molecule has 0 aliphatic heterocycles. The van der Waals surface area contributed by atoms with Crippen molar-refractivity contribution in [2.75, 3.05) is 18.2 Å². The van der Waals surface area contributed by atoms with E-state index in [9.17, 15) is 4.79 Å². The molecular formula is C19H20N4O2S. The number of ether oxygens (including phenoxy) is 1. The van der Waals surface area contributed by atoms with E-state index in [2.05, 4.69) is 15.5 Å². The summed E-state index contributed by atoms with van der Waals surface area (Å²) in [5, 5.41) is 11.9. The molecule has 0 saturated carbocycles. The molecule has 6 nitrogen and oxygen atoms in total. The van der Waals surface area contributed by atoms with Gasteiger partial charge in [-0.3, -0.25) is 9.36 Å². The minimum Gasteiger partial charge on any atom is -0.495 e. The lowest BCUT2D eigenvalue weighted by molar-refractivity contribution is -0.113. The molecule has 26 heavy (non-hydrogen) atoms. The van der Waals surface area contributed by atoms with Gasteiger partial charge < -0.3 is 10.1 Å². The van der Waals surface area contributed by atoms with Crippen LogP contribution in [0.15, 0.2) is 53.7 Å². The third kappa shape index (κ3) is 4.05. The van der Waals surface area contributed by atoms with Crippen LogP contribution >= 0.6 is 11.8 Å². The molecule has 0 bridgehead atoms. The number of methoxy groups -OCH3 is 1. The first-order chi connectivity index (χ1) is 12.6. The number of hydrogen-bond acceptors (Lipinski definition) is 5. The van der Waals surface area contributed by atoms with Crippen molar-refractivity contribution in [3.05, 3.63) is 59.9 Å². The third-order valence-electron chi connectivity index (χ3n) is 3.80. The first-order valence-corrected chi connectivity index (χ1v) is 9.12. The lowest BCUT2D eigenvalue weighted by atomic mass is 10.2. The minimum atomic E-state index is -0.129. The summed E-state index contributed by atoms with van der Waals surface area (Å²) in [6.07, 6.45) is 0. The topological polar surface area (TPSA) is 69.0 Å². The molecule has 0 aliphatic rings. The minimum absolute atomic E-state index is 0.129. The van der Waals surface area contributed by atoms with Gasteiger partial charge in [-0.05, 0) is 38.1 Å². The summed E-state index contributed by atoms with van der Waals surface area (Å²) in [6, 6.07) is 15.4. The van der Waals surface area contributed by atoms with Crippen LogP contribution in [0, 0.1) is 13.8 Å². The number of para-hydroxylation sites is 2. The fraction of sp³-hybridized carbons (Fsp3) is 0.211. The predicted octanol–water partition coefficient (Wildman–Crippen LogP) is 3.62. The van der Waals surface area contributed by atoms with Crippen LogP contribution in [0.3, 0.4) is 0 Å². The first kappa shape index (κ1) is 18.0. The number of rotatable bonds is 6. The highest BCUT2D eigenvalue weighted by Crippen LogP contribution is 2.25. The van der Waals surface area contributed by atoms with Gasteiger partial charge in [0.05, 0.1) is 18.6 Å². The van der Waals surface area contributed by atoms with Gasteiger partial charge in [-0.2, -0.15) is 0 Å². The summed E-state index contributed by atoms with van der Waals surface area (Å²) >= 11 is 1.34. The Balaban J connectivity index is 1.70. The van der Waals surface area contributed by atoms with E-state index in [4.69, 9.17) is 4.74 Å². The van der Waals surface area contributed by atoms with Crippen molar-refractivity contribution in [1.29, 1.82) is 0 Å². The van der Waals surface area contributed by atoms with E-state index in [-0.39, 0.29) is 11.7 Å². The molecule has 0 saturated heterocycles. The molecule has 0 spiro atoms. The second-order valence-corrected chi connectivity index (χ2v) is 6.68. The highest BCUT2D eigenvalue weighted by molar-refractivity contribution is 7.99. The summed E-state index contributed by atoms with van der Waals surface area (Å²) in [4.78, 5) is 12.3. The molecule has 0 unspecified atom stereocenters. The maximum Gasteiger partial charge on any atom is 0.234 e. The van der Waals surface area contributed by atoms with Crippen molar-refractivity contribution in [1.82, 2.24) is 14.8 Å². The second-order valence-electron chi connectivity index (χ2n) is 5.74. The molecule has 134 valence electrons. The van der Waals surface area contributed by atoms with Gasteiger partial charge in [0.15, 0.2) is 5.16 Å². The zero-order chi connectivity index (χ0) is 18.5. The van der Waals surface area contributed by atoms with Crippen molar-refractivity contribution < 1.29 is 9.53 Å². The molecule has 0 radical (unpaired) electrons. The summed E-state index contributed by atoms with van der Waals surface area (Å²) in [6.45, 7) is 3.94. The van der Waals surface area contributed by atoms with Crippen molar-refractivity contribution >= 4 is 23.4 Å². The van der Waals surface area contributed by atoms with Crippen LogP contribution in [-0.4, -0.2) is 33.5 Å². The van der Waals surface area contributed by atoms with Gasteiger partial charge in [0.2, 0.25) is 5.91 Å². The third-order valence-corrected chi connectivity index (χ3v) is 4.73. The van der Waals surface area contributed by atoms with Crippen molar-refractivity contribution in [3.63, 3.8) is 0 Å². The number of anilines is 1. The van der Waals surface area contributed by atoms with E-state index in [0.717, 1.165) is 11.5 Å². The van der Waals surface area contributed by atoms with Gasteiger partial charge in [-0.15, -0.1) is 10.2 Å². The van der Waals surface area contributed by atoms with Crippen LogP contribution < -0.4 is 10.1 Å². The van der Waals surface area contributed by atoms with Crippen LogP contribution in [0.25, 0.3) is 5.69 Å². The van der Waals surface area contributed by atoms with Gasteiger partial charge in [0, 0.05) is 5.69 Å². The quantitative estimate of drug-likeness (QED) is 0.673. The molecule has 0 fully saturated rings. The Morgan fingerprint density at radius 1 is 1.12 bits per heavy atom. The lowest BCUT2D eigenvalue weighted by Crippen LogP contribution is -2.15. The van der Waals surface area contributed by atoms with Crippen LogP contribution in [0.4, 0.5) is 5.69 Å². The largest absolute Gasteiger partial charge is 0.495 e. The molecular weight excluding hydrogens is 348 g/mol. The number of hydrogen-bond donors (Lipinski definition) is 1. The summed E-state index contributed by atoms with van der Waals surface area (Å²) < 4.78 is 7.20. The Hall–Kier alpha value is -2.80. The van der Waals surface area contributed by atoms with Crippen molar-refractivity contribution in [2.45, 2.75) is 19.0 Å². The molecule has 1 aromatic heterocycles. The first-order valence-electron chi connectivity index (χ1n) is 8.13. The Morgan fingerprint density at radius 3 is 2.58 bits per heavy atom. The molecule has 3 rings (SSSR count). The molecule has 3 aromatic rings. The summed E-state index contributed by atoms with van der Waals surface area (Å²) in [5.41, 5.74) is 2.81. The van der Waals surface area contributed by atoms with Crippen LogP contribution in [-0.2, 0) is 4.79 Å². The fourth-order valence-corrected chi connectivity index (χ4v) is 3.29. The van der Waals surface area contributed by atoms with E-state index in [0.29, 0.717) is 16.6 Å². The molecule has 1 amide bonds. The van der Waals surface area contributed by atoms with Gasteiger partial charge in [-0.25, -0.2) is 0 Å². The molecule has 0 atom stereocenters. The number of nitrogens with zero attached hydrogens (tertiary/aromatic N) is 3. The van der Waals surface area contributed by atoms with Gasteiger partial charge >= 0.3 is 0 Å². The van der Waals surface area contributed by atoms with Gasteiger partial charge in [-0.1, -0.05) is 41.6 Å². The Kier molecular flexibility index (Phi) is 5.58. The van der Waals surface area contributed by atoms with E-state index in [1.807, 2.05) is 54.8 Å². The summed E-state index contributed by atoms with van der Waals surface area (Å²) in [7, 11) is 1.58. The number of aromatic nitrogens is 3. The molecule has 1 N–H and O–H groups in total. The Labute approximate surface area is 156 Å². The molecule has 7 heteroatoms. The number of nitrogens with one attached hydrogen (secondary N) is 1. The predicted molar refractivity (Wildman–Crippen MR) is 103 cm³/mol. The molecule has 1 heterocycles. The van der Waals surface area contributed by atoms with E-state index < -0.39 is 0 Å². The Morgan fingerprint density at radius 2 is 1.85 bits per heavy atom. The normalized spacial score (nSPS) is 10.6. The van der Waals surface area contributed by atoms with Crippen molar-refractivity contribution in [2.24, 2.45) is 0 Å². The average Bonchev–Trinajstić information content (AvgIpc) is 3.02. The van der Waals surface area contributed by atoms with Crippen LogP contribution in [0.1, 0.15) is 11.4 Å². The van der Waals surface area contributed by atoms with Crippen molar-refractivity contribution in [3.8, 4) is 11.4 Å². The van der Waals surface area contributed by atoms with Crippen LogP contribution in [0.5, 0.6) is 5.75 Å². The zero-order valence-corrected chi connectivity index (χ0v) is 15.7. The smallest absolute Gasteiger partial charge is 0.234 e. The fourth-order valence-electron chi connectivity index (χ4n) is 2.49. The lowest BCUT2D eigenvalue weighted by Gasteiger charge is -2.10. The number of thioether (sulfide) groups is 1. The van der Waals surface area contributed by atoms with Gasteiger partial charge in [0.1, 0.15) is 11.6 Å². The average molecular weight is 368 g/mol.